The molecule has 5 heteroatoms. The van der Waals surface area contributed by atoms with Crippen LogP contribution in [0.3, 0.4) is 0 Å². The van der Waals surface area contributed by atoms with Crippen LogP contribution in [-0.4, -0.2) is 39.1 Å². The maximum Gasteiger partial charge on any atom is 0.203 e. The van der Waals surface area contributed by atoms with Crippen molar-refractivity contribution in [2.45, 2.75) is 31.8 Å². The van der Waals surface area contributed by atoms with Gasteiger partial charge in [0.25, 0.3) is 0 Å². The second kappa shape index (κ2) is 7.52. The van der Waals surface area contributed by atoms with Gasteiger partial charge in [-0.3, -0.25) is 0 Å². The molecule has 0 aliphatic heterocycles. The van der Waals surface area contributed by atoms with Gasteiger partial charge in [0.2, 0.25) is 5.75 Å². The fourth-order valence-electron chi connectivity index (χ4n) is 3.07. The molecule has 1 aromatic carbocycles. The lowest BCUT2D eigenvalue weighted by Crippen LogP contribution is -2.33. The molecule has 0 amide bonds. The highest BCUT2D eigenvalue weighted by Crippen LogP contribution is 2.39. The summed E-state index contributed by atoms with van der Waals surface area (Å²) in [6.45, 7) is 0.936. The van der Waals surface area contributed by atoms with Crippen LogP contribution in [0.4, 0.5) is 0 Å². The average molecular weight is 295 g/mol. The van der Waals surface area contributed by atoms with Crippen molar-refractivity contribution < 1.29 is 19.3 Å². The highest BCUT2D eigenvalue weighted by Gasteiger charge is 2.26. The Labute approximate surface area is 126 Å². The Balaban J connectivity index is 2.12. The summed E-state index contributed by atoms with van der Waals surface area (Å²) in [5, 5.41) is 12.9. The summed E-state index contributed by atoms with van der Waals surface area (Å²) in [7, 11) is 4.85. The summed E-state index contributed by atoms with van der Waals surface area (Å²) >= 11 is 0. The lowest BCUT2D eigenvalue weighted by molar-refractivity contribution is 0.205. The second-order valence-electron chi connectivity index (χ2n) is 5.35. The molecule has 0 radical (unpaired) electrons. The topological polar surface area (TPSA) is 60.0 Å². The smallest absolute Gasteiger partial charge is 0.203 e. The average Bonchev–Trinajstić information content (AvgIpc) is 2.99. The van der Waals surface area contributed by atoms with Crippen LogP contribution >= 0.6 is 0 Å². The summed E-state index contributed by atoms with van der Waals surface area (Å²) in [6.07, 6.45) is 3.38. The fourth-order valence-corrected chi connectivity index (χ4v) is 3.07. The van der Waals surface area contributed by atoms with E-state index in [-0.39, 0.29) is 6.61 Å². The molecular weight excluding hydrogens is 270 g/mol. The molecule has 0 saturated heterocycles. The molecule has 1 aliphatic rings. The van der Waals surface area contributed by atoms with E-state index in [9.17, 15) is 5.11 Å². The molecule has 1 fully saturated rings. The SMILES string of the molecule is COc1ccc(CNC2CCCC2CO)c(OC)c1OC. The second-order valence-corrected chi connectivity index (χ2v) is 5.35. The maximum absolute atomic E-state index is 9.38. The van der Waals surface area contributed by atoms with Crippen molar-refractivity contribution in [1.82, 2.24) is 5.32 Å². The lowest BCUT2D eigenvalue weighted by Gasteiger charge is -2.21. The molecule has 0 aromatic heterocycles. The van der Waals surface area contributed by atoms with E-state index < -0.39 is 0 Å². The number of hydrogen-bond acceptors (Lipinski definition) is 5. The molecule has 21 heavy (non-hydrogen) atoms. The van der Waals surface area contributed by atoms with E-state index in [1.807, 2.05) is 12.1 Å². The van der Waals surface area contributed by atoms with Crippen LogP contribution in [0.1, 0.15) is 24.8 Å². The van der Waals surface area contributed by atoms with Crippen molar-refractivity contribution in [3.8, 4) is 17.2 Å². The Kier molecular flexibility index (Phi) is 5.70. The van der Waals surface area contributed by atoms with Crippen LogP contribution in [-0.2, 0) is 6.54 Å². The van der Waals surface area contributed by atoms with Crippen LogP contribution in [0.15, 0.2) is 12.1 Å². The lowest BCUT2D eigenvalue weighted by atomic mass is 10.0. The van der Waals surface area contributed by atoms with Gasteiger partial charge in [-0.1, -0.05) is 12.5 Å². The highest BCUT2D eigenvalue weighted by atomic mass is 16.5. The standard InChI is InChI=1S/C16H25NO4/c1-19-14-8-7-11(15(20-2)16(14)21-3)9-17-13-6-4-5-12(13)10-18/h7-8,12-13,17-18H,4-6,9-10H2,1-3H3. The minimum Gasteiger partial charge on any atom is -0.493 e. The van der Waals surface area contributed by atoms with Gasteiger partial charge in [0.1, 0.15) is 0 Å². The van der Waals surface area contributed by atoms with Gasteiger partial charge in [0, 0.05) is 24.8 Å². The Bertz CT molecular complexity index is 464. The van der Waals surface area contributed by atoms with Crippen molar-refractivity contribution >= 4 is 0 Å². The van der Waals surface area contributed by atoms with E-state index in [0.29, 0.717) is 35.8 Å². The first kappa shape index (κ1) is 15.9. The molecule has 1 aliphatic carbocycles. The first-order valence-corrected chi connectivity index (χ1v) is 7.37. The summed E-state index contributed by atoms with van der Waals surface area (Å²) < 4.78 is 16.2. The van der Waals surface area contributed by atoms with E-state index in [1.54, 1.807) is 21.3 Å². The maximum atomic E-state index is 9.38. The number of methoxy groups -OCH3 is 3. The predicted octanol–water partition coefficient (Wildman–Crippen LogP) is 1.96. The first-order chi connectivity index (χ1) is 10.2. The van der Waals surface area contributed by atoms with Crippen molar-refractivity contribution in [1.29, 1.82) is 0 Å². The molecule has 5 nitrogen and oxygen atoms in total. The Hall–Kier alpha value is -1.46. The van der Waals surface area contributed by atoms with Gasteiger partial charge in [-0.05, 0) is 24.8 Å². The Morgan fingerprint density at radius 3 is 2.48 bits per heavy atom. The number of rotatable bonds is 7. The summed E-state index contributed by atoms with van der Waals surface area (Å²) in [4.78, 5) is 0. The minimum atomic E-state index is 0.251. The molecule has 0 heterocycles. The molecule has 2 rings (SSSR count). The number of aliphatic hydroxyl groups excluding tert-OH is 1. The molecule has 2 unspecified atom stereocenters. The van der Waals surface area contributed by atoms with Gasteiger partial charge in [-0.2, -0.15) is 0 Å². The number of ether oxygens (including phenoxy) is 3. The van der Waals surface area contributed by atoms with Crippen molar-refractivity contribution in [2.75, 3.05) is 27.9 Å². The van der Waals surface area contributed by atoms with E-state index in [2.05, 4.69) is 5.32 Å². The summed E-state index contributed by atoms with van der Waals surface area (Å²) in [6, 6.07) is 4.24. The van der Waals surface area contributed by atoms with Crippen molar-refractivity contribution in [3.05, 3.63) is 17.7 Å². The molecule has 1 saturated carbocycles. The van der Waals surface area contributed by atoms with Crippen molar-refractivity contribution in [2.24, 2.45) is 5.92 Å². The summed E-state index contributed by atoms with van der Waals surface area (Å²) in [5.74, 6) is 2.33. The Morgan fingerprint density at radius 2 is 1.86 bits per heavy atom. The highest BCUT2D eigenvalue weighted by molar-refractivity contribution is 5.55. The number of nitrogens with one attached hydrogen (secondary N) is 1. The van der Waals surface area contributed by atoms with Crippen LogP contribution < -0.4 is 19.5 Å². The van der Waals surface area contributed by atoms with Crippen LogP contribution in [0.25, 0.3) is 0 Å². The molecular formula is C16H25NO4. The molecule has 0 bridgehead atoms. The Morgan fingerprint density at radius 1 is 1.10 bits per heavy atom. The fraction of sp³-hybridized carbons (Fsp3) is 0.625. The van der Waals surface area contributed by atoms with Gasteiger partial charge in [0.05, 0.1) is 21.3 Å². The molecule has 0 spiro atoms. The third-order valence-electron chi connectivity index (χ3n) is 4.23. The van der Waals surface area contributed by atoms with E-state index in [1.165, 1.54) is 6.42 Å². The zero-order valence-electron chi connectivity index (χ0n) is 13.0. The van der Waals surface area contributed by atoms with Crippen LogP contribution in [0.5, 0.6) is 17.2 Å². The monoisotopic (exact) mass is 295 g/mol. The quantitative estimate of drug-likeness (QED) is 0.805. The van der Waals surface area contributed by atoms with E-state index in [4.69, 9.17) is 14.2 Å². The number of aliphatic hydroxyl groups is 1. The number of hydrogen-bond donors (Lipinski definition) is 2. The van der Waals surface area contributed by atoms with Gasteiger partial charge < -0.3 is 24.6 Å². The van der Waals surface area contributed by atoms with Gasteiger partial charge >= 0.3 is 0 Å². The van der Waals surface area contributed by atoms with Gasteiger partial charge in [-0.15, -0.1) is 0 Å². The normalized spacial score (nSPS) is 21.3. The largest absolute Gasteiger partial charge is 0.493 e. The predicted molar refractivity (Wildman–Crippen MR) is 81.2 cm³/mol. The zero-order valence-corrected chi connectivity index (χ0v) is 13.0. The third-order valence-corrected chi connectivity index (χ3v) is 4.23. The van der Waals surface area contributed by atoms with Gasteiger partial charge in [-0.25, -0.2) is 0 Å². The zero-order chi connectivity index (χ0) is 15.2. The number of benzene rings is 1. The molecule has 2 atom stereocenters. The van der Waals surface area contributed by atoms with Gasteiger partial charge in [0.15, 0.2) is 11.5 Å². The van der Waals surface area contributed by atoms with Crippen molar-refractivity contribution in [3.63, 3.8) is 0 Å². The molecule has 118 valence electrons. The van der Waals surface area contributed by atoms with Crippen LogP contribution in [0, 0.1) is 5.92 Å². The van der Waals surface area contributed by atoms with E-state index >= 15 is 0 Å². The molecule has 1 aromatic rings. The minimum absolute atomic E-state index is 0.251. The first-order valence-electron chi connectivity index (χ1n) is 7.37. The van der Waals surface area contributed by atoms with Crippen LogP contribution in [0.2, 0.25) is 0 Å². The van der Waals surface area contributed by atoms with E-state index in [0.717, 1.165) is 18.4 Å². The summed E-state index contributed by atoms with van der Waals surface area (Å²) in [5.41, 5.74) is 1.03. The molecule has 2 N–H and O–H groups in total. The third kappa shape index (κ3) is 3.41.